The molecule has 0 aromatic carbocycles. The molecule has 0 radical (unpaired) electrons. The number of unbranched alkanes of at least 4 members (excludes halogenated alkanes) is 20. The lowest BCUT2D eigenvalue weighted by atomic mass is 9.98. The van der Waals surface area contributed by atoms with Crippen molar-refractivity contribution in [3.05, 3.63) is 48.6 Å². The highest BCUT2D eigenvalue weighted by Crippen LogP contribution is 2.26. The van der Waals surface area contributed by atoms with Crippen molar-refractivity contribution in [1.82, 2.24) is 0 Å². The fourth-order valence-electron chi connectivity index (χ4n) is 7.43. The Morgan fingerprint density at radius 1 is 0.523 bits per heavy atom. The quantitative estimate of drug-likeness (QED) is 0.0229. The maximum absolute atomic E-state index is 13.0. The average molecular weight is 919 g/mol. The molecule has 0 aromatic heterocycles. The molecule has 0 aromatic rings. The second-order valence-corrected chi connectivity index (χ2v) is 17.4. The number of hydrogen-bond donors (Lipinski definition) is 3. The van der Waals surface area contributed by atoms with E-state index in [0.717, 1.165) is 103 Å². The fourth-order valence-corrected chi connectivity index (χ4v) is 7.43. The van der Waals surface area contributed by atoms with Crippen molar-refractivity contribution in [2.75, 3.05) is 13.2 Å². The van der Waals surface area contributed by atoms with E-state index in [2.05, 4.69) is 69.4 Å². The monoisotopic (exact) mass is 919 g/mol. The molecular weight excluding hydrogens is 829 g/mol. The highest BCUT2D eigenvalue weighted by molar-refractivity contribution is 5.74. The molecule has 12 heteroatoms. The third kappa shape index (κ3) is 32.9. The maximum Gasteiger partial charge on any atom is 0.335 e. The Kier molecular flexibility index (Phi) is 38.6. The lowest BCUT2D eigenvalue weighted by Gasteiger charge is -2.40. The van der Waals surface area contributed by atoms with Crippen molar-refractivity contribution in [2.45, 2.75) is 250 Å². The van der Waals surface area contributed by atoms with Crippen LogP contribution in [0.1, 0.15) is 213 Å². The molecule has 0 amide bonds. The van der Waals surface area contributed by atoms with E-state index in [0.29, 0.717) is 19.3 Å². The summed E-state index contributed by atoms with van der Waals surface area (Å²) in [6.07, 6.45) is 35.5. The molecule has 6 unspecified atom stereocenters. The van der Waals surface area contributed by atoms with E-state index >= 15 is 0 Å². The van der Waals surface area contributed by atoms with Gasteiger partial charge in [-0.1, -0.05) is 166 Å². The summed E-state index contributed by atoms with van der Waals surface area (Å²) in [5, 5.41) is 31.2. The fraction of sp³-hybridized carbons (Fsp3) is 0.774. The maximum atomic E-state index is 13.0. The summed E-state index contributed by atoms with van der Waals surface area (Å²) in [7, 11) is 0. The Hall–Kier alpha value is -3.32. The molecule has 1 aliphatic rings. The van der Waals surface area contributed by atoms with Crippen molar-refractivity contribution >= 4 is 23.9 Å². The van der Waals surface area contributed by atoms with Crippen molar-refractivity contribution in [1.29, 1.82) is 0 Å². The van der Waals surface area contributed by atoms with Crippen molar-refractivity contribution in [3.63, 3.8) is 0 Å². The first-order chi connectivity index (χ1) is 31.6. The average Bonchev–Trinajstić information content (AvgIpc) is 3.29. The minimum absolute atomic E-state index is 0.0579. The molecule has 0 aliphatic carbocycles. The van der Waals surface area contributed by atoms with Gasteiger partial charge in [-0.25, -0.2) is 4.79 Å². The van der Waals surface area contributed by atoms with Crippen LogP contribution in [-0.4, -0.2) is 89.2 Å². The molecule has 1 heterocycles. The van der Waals surface area contributed by atoms with Crippen LogP contribution in [0, 0.1) is 0 Å². The minimum atomic E-state index is -1.90. The number of carboxylic acid groups (broad SMARTS) is 1. The third-order valence-corrected chi connectivity index (χ3v) is 11.4. The van der Waals surface area contributed by atoms with Crippen LogP contribution < -0.4 is 0 Å². The molecular formula is C53H90O12. The number of aliphatic hydroxyl groups excluding tert-OH is 2. The molecule has 1 rings (SSSR count). The summed E-state index contributed by atoms with van der Waals surface area (Å²) in [4.78, 5) is 50.7. The standard InChI is InChI=1S/C53H90O12/c1-4-7-10-13-16-19-21-23-25-28-30-33-36-39-45(54)61-42-44(63-46(55)40-37-34-32-29-26-24-22-20-17-14-11-8-5-2)43-62-53-51(49(58)48(57)50(65-53)52(59)60)64-47(56)41-38-35-31-27-18-15-12-9-6-3/h7,10,16,19-20,22-23,25,44,48-51,53,57-58H,4-6,8-9,11-15,17-18,21,24,26-43H2,1-3H3,(H,59,60)/b10-7-,19-16-,22-20-,25-23-. The largest absolute Gasteiger partial charge is 0.479 e. The summed E-state index contributed by atoms with van der Waals surface area (Å²) < 4.78 is 28.2. The molecule has 0 saturated carbocycles. The van der Waals surface area contributed by atoms with Gasteiger partial charge < -0.3 is 39.0 Å². The van der Waals surface area contributed by atoms with E-state index in [-0.39, 0.29) is 25.9 Å². The Balaban J connectivity index is 2.77. The lowest BCUT2D eigenvalue weighted by Crippen LogP contribution is -2.61. The van der Waals surface area contributed by atoms with Gasteiger partial charge in [0.25, 0.3) is 0 Å². The summed E-state index contributed by atoms with van der Waals surface area (Å²) in [5.74, 6) is -3.17. The zero-order valence-electron chi connectivity index (χ0n) is 40.7. The second-order valence-electron chi connectivity index (χ2n) is 17.4. The van der Waals surface area contributed by atoms with Gasteiger partial charge in [0.05, 0.1) is 6.61 Å². The van der Waals surface area contributed by atoms with Crippen molar-refractivity contribution in [2.24, 2.45) is 0 Å². The van der Waals surface area contributed by atoms with Crippen LogP contribution in [0.4, 0.5) is 0 Å². The SMILES string of the molecule is CC/C=C\C/C=C\C/C=C\CCCCCC(=O)OCC(COC1OC(C(=O)O)C(O)C(O)C1OC(=O)CCCCCCCCCCC)OC(=O)CCCCCCC/C=C\CCCCCC. The van der Waals surface area contributed by atoms with E-state index in [4.69, 9.17) is 23.7 Å². The van der Waals surface area contributed by atoms with Crippen LogP contribution in [0.2, 0.25) is 0 Å². The molecule has 1 fully saturated rings. The van der Waals surface area contributed by atoms with E-state index in [9.17, 15) is 34.5 Å². The summed E-state index contributed by atoms with van der Waals surface area (Å²) in [6, 6.07) is 0. The molecule has 1 aliphatic heterocycles. The first kappa shape index (κ1) is 59.7. The van der Waals surface area contributed by atoms with Crippen LogP contribution >= 0.6 is 0 Å². The van der Waals surface area contributed by atoms with E-state index in [1.54, 1.807) is 0 Å². The summed E-state index contributed by atoms with van der Waals surface area (Å²) in [5.41, 5.74) is 0. The topological polar surface area (TPSA) is 175 Å². The van der Waals surface area contributed by atoms with Gasteiger partial charge in [0.1, 0.15) is 18.8 Å². The lowest BCUT2D eigenvalue weighted by molar-refractivity contribution is -0.301. The summed E-state index contributed by atoms with van der Waals surface area (Å²) >= 11 is 0. The van der Waals surface area contributed by atoms with Crippen molar-refractivity contribution in [3.8, 4) is 0 Å². The van der Waals surface area contributed by atoms with Gasteiger partial charge in [-0.15, -0.1) is 0 Å². The zero-order chi connectivity index (χ0) is 47.6. The number of aliphatic hydroxyl groups is 2. The molecule has 0 bridgehead atoms. The van der Waals surface area contributed by atoms with Gasteiger partial charge >= 0.3 is 23.9 Å². The first-order valence-corrected chi connectivity index (χ1v) is 25.6. The predicted molar refractivity (Wildman–Crippen MR) is 257 cm³/mol. The van der Waals surface area contributed by atoms with Gasteiger partial charge in [-0.05, 0) is 77.0 Å². The Bertz CT molecular complexity index is 1330. The molecule has 0 spiro atoms. The summed E-state index contributed by atoms with van der Waals surface area (Å²) in [6.45, 7) is 5.77. The number of rotatable bonds is 42. The van der Waals surface area contributed by atoms with Gasteiger partial charge in [-0.2, -0.15) is 0 Å². The number of carboxylic acids is 1. The Morgan fingerprint density at radius 2 is 0.969 bits per heavy atom. The van der Waals surface area contributed by atoms with Crippen LogP contribution in [-0.2, 0) is 42.9 Å². The van der Waals surface area contributed by atoms with Crippen molar-refractivity contribution < 1.29 is 58.2 Å². The highest BCUT2D eigenvalue weighted by Gasteiger charge is 2.50. The Morgan fingerprint density at radius 3 is 1.52 bits per heavy atom. The third-order valence-electron chi connectivity index (χ3n) is 11.4. The molecule has 6 atom stereocenters. The van der Waals surface area contributed by atoms with E-state index < -0.39 is 67.3 Å². The van der Waals surface area contributed by atoms with E-state index in [1.165, 1.54) is 51.4 Å². The molecule has 65 heavy (non-hydrogen) atoms. The van der Waals surface area contributed by atoms with Gasteiger partial charge in [0, 0.05) is 19.3 Å². The minimum Gasteiger partial charge on any atom is -0.479 e. The number of carbonyl (C=O) groups excluding carboxylic acids is 3. The van der Waals surface area contributed by atoms with Gasteiger partial charge in [0.15, 0.2) is 24.6 Å². The van der Waals surface area contributed by atoms with Crippen LogP contribution in [0.15, 0.2) is 48.6 Å². The predicted octanol–water partition coefficient (Wildman–Crippen LogP) is 11.9. The van der Waals surface area contributed by atoms with E-state index in [1.807, 2.05) is 0 Å². The molecule has 374 valence electrons. The smallest absolute Gasteiger partial charge is 0.335 e. The molecule has 1 saturated heterocycles. The number of esters is 3. The molecule has 12 nitrogen and oxygen atoms in total. The van der Waals surface area contributed by atoms with Crippen LogP contribution in [0.5, 0.6) is 0 Å². The number of hydrogen-bond acceptors (Lipinski definition) is 11. The van der Waals surface area contributed by atoms with Gasteiger partial charge in [0.2, 0.25) is 0 Å². The number of aliphatic carboxylic acids is 1. The van der Waals surface area contributed by atoms with Crippen LogP contribution in [0.3, 0.4) is 0 Å². The Labute approximate surface area is 393 Å². The number of ether oxygens (including phenoxy) is 5. The highest BCUT2D eigenvalue weighted by atomic mass is 16.7. The van der Waals surface area contributed by atoms with Gasteiger partial charge in [-0.3, -0.25) is 14.4 Å². The van der Waals surface area contributed by atoms with Crippen LogP contribution in [0.25, 0.3) is 0 Å². The normalized spacial score (nSPS) is 19.4. The number of allylic oxidation sites excluding steroid dienone is 8. The number of carbonyl (C=O) groups is 4. The first-order valence-electron chi connectivity index (χ1n) is 25.6. The zero-order valence-corrected chi connectivity index (χ0v) is 40.7. The second kappa shape index (κ2) is 42.1. The molecule has 3 N–H and O–H groups in total.